The summed E-state index contributed by atoms with van der Waals surface area (Å²) < 4.78 is 26.8. The second-order valence-corrected chi connectivity index (χ2v) is 8.91. The van der Waals surface area contributed by atoms with Crippen LogP contribution in [0.2, 0.25) is 10.0 Å². The van der Waals surface area contributed by atoms with Crippen LogP contribution in [0.5, 0.6) is 0 Å². The minimum Gasteiger partial charge on any atom is -0.396 e. The summed E-state index contributed by atoms with van der Waals surface area (Å²) in [7, 11) is -3.80. The van der Waals surface area contributed by atoms with Gasteiger partial charge in [0.05, 0.1) is 22.4 Å². The Bertz CT molecular complexity index is 672. The Balaban J connectivity index is 2.02. The maximum atomic E-state index is 12.7. The van der Waals surface area contributed by atoms with Gasteiger partial charge < -0.3 is 10.0 Å². The molecule has 134 valence electrons. The summed E-state index contributed by atoms with van der Waals surface area (Å²) >= 11 is 13.4. The number of rotatable bonds is 6. The molecule has 1 amide bonds. The highest BCUT2D eigenvalue weighted by molar-refractivity contribution is 7.99. The first-order valence-corrected chi connectivity index (χ1v) is 10.6. The number of carbonyl (C=O) groups excluding carboxylic acids is 1. The molecule has 1 N–H and O–H groups in total. The molecule has 2 rings (SSSR count). The summed E-state index contributed by atoms with van der Waals surface area (Å²) in [4.78, 5) is 13.6. The Morgan fingerprint density at radius 3 is 2.29 bits per heavy atom. The van der Waals surface area contributed by atoms with E-state index in [0.29, 0.717) is 18.8 Å². The number of hydrogen-bond donors (Lipinski definition) is 1. The Kier molecular flexibility index (Phi) is 7.21. The monoisotopic (exact) mass is 412 g/mol. The molecule has 24 heavy (non-hydrogen) atoms. The van der Waals surface area contributed by atoms with Crippen molar-refractivity contribution < 1.29 is 18.3 Å². The number of sulfonamides is 1. The molecule has 0 aliphatic carbocycles. The van der Waals surface area contributed by atoms with E-state index < -0.39 is 10.0 Å². The number of piperazine rings is 1. The van der Waals surface area contributed by atoms with Gasteiger partial charge in [0.25, 0.3) is 0 Å². The van der Waals surface area contributed by atoms with E-state index in [0.717, 1.165) is 0 Å². The summed E-state index contributed by atoms with van der Waals surface area (Å²) in [5.41, 5.74) is 0. The fourth-order valence-corrected chi connectivity index (χ4v) is 5.50. The smallest absolute Gasteiger partial charge is 0.246 e. The average molecular weight is 413 g/mol. The molecule has 0 spiro atoms. The number of hydrogen-bond acceptors (Lipinski definition) is 5. The zero-order valence-corrected chi connectivity index (χ0v) is 16.0. The summed E-state index contributed by atoms with van der Waals surface area (Å²) in [5, 5.41) is 8.90. The lowest BCUT2D eigenvalue weighted by Crippen LogP contribution is -2.51. The first-order valence-electron chi connectivity index (χ1n) is 7.28. The molecule has 0 unspecified atom stereocenters. The molecule has 1 aliphatic rings. The van der Waals surface area contributed by atoms with Crippen LogP contribution < -0.4 is 0 Å². The number of carbonyl (C=O) groups is 1. The van der Waals surface area contributed by atoms with E-state index in [1.165, 1.54) is 28.2 Å². The molecule has 0 saturated carbocycles. The summed E-state index contributed by atoms with van der Waals surface area (Å²) in [6.45, 7) is 1.06. The Hall–Kier alpha value is -0.510. The SMILES string of the molecule is O=C(CSCCO)N1CCN(S(=O)(=O)c2c(Cl)cccc2Cl)CC1. The third-order valence-corrected chi connectivity index (χ3v) is 7.35. The normalized spacial score (nSPS) is 16.4. The summed E-state index contributed by atoms with van der Waals surface area (Å²) in [6, 6.07) is 4.56. The molecule has 1 aromatic carbocycles. The van der Waals surface area contributed by atoms with Crippen LogP contribution in [-0.4, -0.2) is 72.9 Å². The predicted molar refractivity (Wildman–Crippen MR) is 96.2 cm³/mol. The number of halogens is 2. The van der Waals surface area contributed by atoms with Crippen LogP contribution >= 0.6 is 35.0 Å². The number of amides is 1. The van der Waals surface area contributed by atoms with Crippen molar-refractivity contribution in [2.45, 2.75) is 4.90 Å². The zero-order chi connectivity index (χ0) is 17.7. The van der Waals surface area contributed by atoms with Gasteiger partial charge in [-0.2, -0.15) is 4.31 Å². The molecule has 1 heterocycles. The first-order chi connectivity index (χ1) is 11.4. The molecule has 1 saturated heterocycles. The van der Waals surface area contributed by atoms with Gasteiger partial charge in [-0.1, -0.05) is 29.3 Å². The van der Waals surface area contributed by atoms with Crippen LogP contribution in [0.25, 0.3) is 0 Å². The van der Waals surface area contributed by atoms with Gasteiger partial charge in [0, 0.05) is 31.9 Å². The van der Waals surface area contributed by atoms with Crippen molar-refractivity contribution >= 4 is 50.9 Å². The molecule has 0 bridgehead atoms. The first kappa shape index (κ1) is 19.8. The number of thioether (sulfide) groups is 1. The molecule has 0 aromatic heterocycles. The van der Waals surface area contributed by atoms with Crippen molar-refractivity contribution in [2.24, 2.45) is 0 Å². The number of benzene rings is 1. The minimum atomic E-state index is -3.80. The largest absolute Gasteiger partial charge is 0.396 e. The van der Waals surface area contributed by atoms with Crippen LogP contribution in [0, 0.1) is 0 Å². The van der Waals surface area contributed by atoms with Gasteiger partial charge in [-0.05, 0) is 12.1 Å². The lowest BCUT2D eigenvalue weighted by atomic mass is 10.3. The molecule has 10 heteroatoms. The number of aliphatic hydroxyl groups excluding tert-OH is 1. The Morgan fingerprint density at radius 2 is 1.75 bits per heavy atom. The highest BCUT2D eigenvalue weighted by Crippen LogP contribution is 2.31. The maximum Gasteiger partial charge on any atom is 0.246 e. The highest BCUT2D eigenvalue weighted by atomic mass is 35.5. The molecule has 1 aliphatic heterocycles. The average Bonchev–Trinajstić information content (AvgIpc) is 2.54. The Labute approximate surface area is 155 Å². The van der Waals surface area contributed by atoms with E-state index in [1.54, 1.807) is 11.0 Å². The quantitative estimate of drug-likeness (QED) is 0.717. The zero-order valence-electron chi connectivity index (χ0n) is 12.8. The van der Waals surface area contributed by atoms with Crippen molar-refractivity contribution in [2.75, 3.05) is 44.3 Å². The van der Waals surface area contributed by atoms with Crippen LogP contribution in [0.1, 0.15) is 0 Å². The van der Waals surface area contributed by atoms with Crippen molar-refractivity contribution in [3.63, 3.8) is 0 Å². The minimum absolute atomic E-state index is 0.0303. The fourth-order valence-electron chi connectivity index (χ4n) is 2.35. The van der Waals surface area contributed by atoms with Crippen LogP contribution in [-0.2, 0) is 14.8 Å². The van der Waals surface area contributed by atoms with Crippen molar-refractivity contribution in [1.82, 2.24) is 9.21 Å². The fraction of sp³-hybridized carbons (Fsp3) is 0.500. The van der Waals surface area contributed by atoms with Crippen molar-refractivity contribution in [1.29, 1.82) is 0 Å². The van der Waals surface area contributed by atoms with E-state index in [2.05, 4.69) is 0 Å². The summed E-state index contributed by atoms with van der Waals surface area (Å²) in [6.07, 6.45) is 0. The van der Waals surface area contributed by atoms with Gasteiger partial charge in [0.1, 0.15) is 4.90 Å². The van der Waals surface area contributed by atoms with Gasteiger partial charge >= 0.3 is 0 Å². The van der Waals surface area contributed by atoms with Crippen molar-refractivity contribution in [3.8, 4) is 0 Å². The van der Waals surface area contributed by atoms with Gasteiger partial charge in [0.2, 0.25) is 15.9 Å². The third kappa shape index (κ3) is 4.56. The maximum absolute atomic E-state index is 12.7. The number of aliphatic hydroxyl groups is 1. The van der Waals surface area contributed by atoms with Gasteiger partial charge in [-0.25, -0.2) is 8.42 Å². The van der Waals surface area contributed by atoms with E-state index in [-0.39, 0.29) is 46.3 Å². The van der Waals surface area contributed by atoms with Gasteiger partial charge in [-0.15, -0.1) is 11.8 Å². The van der Waals surface area contributed by atoms with E-state index in [9.17, 15) is 13.2 Å². The predicted octanol–water partition coefficient (Wildman–Crippen LogP) is 1.55. The molecular formula is C14H18Cl2N2O4S2. The van der Waals surface area contributed by atoms with E-state index >= 15 is 0 Å². The van der Waals surface area contributed by atoms with E-state index in [1.807, 2.05) is 0 Å². The third-order valence-electron chi connectivity index (χ3n) is 3.57. The molecule has 0 atom stereocenters. The number of nitrogens with zero attached hydrogens (tertiary/aromatic N) is 2. The Morgan fingerprint density at radius 1 is 1.17 bits per heavy atom. The standard InChI is InChI=1S/C14H18Cl2N2O4S2/c15-11-2-1-3-12(16)14(11)24(21,22)18-6-4-17(5-7-18)13(20)10-23-9-8-19/h1-3,19H,4-10H2. The van der Waals surface area contributed by atoms with Crippen LogP contribution in [0.15, 0.2) is 23.1 Å². The van der Waals surface area contributed by atoms with Gasteiger partial charge in [0.15, 0.2) is 0 Å². The highest BCUT2D eigenvalue weighted by Gasteiger charge is 2.32. The van der Waals surface area contributed by atoms with Crippen LogP contribution in [0.3, 0.4) is 0 Å². The summed E-state index contributed by atoms with van der Waals surface area (Å²) in [5.74, 6) is 0.732. The molecular weight excluding hydrogens is 395 g/mol. The molecule has 0 radical (unpaired) electrons. The lowest BCUT2D eigenvalue weighted by Gasteiger charge is -2.34. The topological polar surface area (TPSA) is 77.9 Å². The molecule has 1 fully saturated rings. The second-order valence-electron chi connectivity index (χ2n) is 5.11. The van der Waals surface area contributed by atoms with Crippen molar-refractivity contribution in [3.05, 3.63) is 28.2 Å². The van der Waals surface area contributed by atoms with Crippen LogP contribution in [0.4, 0.5) is 0 Å². The molecule has 6 nitrogen and oxygen atoms in total. The molecule has 1 aromatic rings. The van der Waals surface area contributed by atoms with Gasteiger partial charge in [-0.3, -0.25) is 4.79 Å². The lowest BCUT2D eigenvalue weighted by molar-refractivity contribution is -0.129. The second kappa shape index (κ2) is 8.73. The van der Waals surface area contributed by atoms with E-state index in [4.69, 9.17) is 28.3 Å².